The smallest absolute Gasteiger partial charge is 0.316 e. The Hall–Kier alpha value is -1.10. The van der Waals surface area contributed by atoms with Gasteiger partial charge < -0.3 is 5.32 Å². The summed E-state index contributed by atoms with van der Waals surface area (Å²) >= 11 is 0. The van der Waals surface area contributed by atoms with E-state index in [1.165, 1.54) is 19.3 Å². The normalized spacial score (nSPS) is 25.8. The predicted octanol–water partition coefficient (Wildman–Crippen LogP) is 0.838. The molecule has 0 radical (unpaired) electrons. The Morgan fingerprint density at radius 1 is 1.29 bits per heavy atom. The van der Waals surface area contributed by atoms with E-state index in [4.69, 9.17) is 0 Å². The third kappa shape index (κ3) is 2.29. The van der Waals surface area contributed by atoms with Crippen LogP contribution in [0.2, 0.25) is 0 Å². The van der Waals surface area contributed by atoms with Crippen LogP contribution in [0.3, 0.4) is 0 Å². The van der Waals surface area contributed by atoms with Gasteiger partial charge in [0.25, 0.3) is 0 Å². The van der Waals surface area contributed by atoms with Crippen LogP contribution in [0, 0.1) is 5.92 Å². The van der Waals surface area contributed by atoms with Crippen molar-refractivity contribution >= 4 is 0 Å². The molecule has 94 valence electrons. The highest BCUT2D eigenvalue weighted by Crippen LogP contribution is 2.29. The van der Waals surface area contributed by atoms with Gasteiger partial charge in [-0.1, -0.05) is 0 Å². The molecule has 1 aromatic heterocycles. The van der Waals surface area contributed by atoms with Gasteiger partial charge in [0, 0.05) is 6.42 Å². The van der Waals surface area contributed by atoms with E-state index in [9.17, 15) is 4.79 Å². The van der Waals surface area contributed by atoms with E-state index in [-0.39, 0.29) is 5.69 Å². The highest BCUT2D eigenvalue weighted by atomic mass is 16.2. The first-order chi connectivity index (χ1) is 8.33. The van der Waals surface area contributed by atoms with Crippen molar-refractivity contribution in [2.75, 3.05) is 13.1 Å². The van der Waals surface area contributed by atoms with E-state index < -0.39 is 0 Å². The van der Waals surface area contributed by atoms with Gasteiger partial charge in [0.2, 0.25) is 0 Å². The Kier molecular flexibility index (Phi) is 3.01. The zero-order chi connectivity index (χ0) is 11.7. The summed E-state index contributed by atoms with van der Waals surface area (Å²) in [7, 11) is 0. The molecule has 1 saturated carbocycles. The lowest BCUT2D eigenvalue weighted by Gasteiger charge is -2.24. The molecule has 1 aliphatic heterocycles. The Balaban J connectivity index is 1.68. The average Bonchev–Trinajstić information content (AvgIpc) is 2.59. The van der Waals surface area contributed by atoms with Gasteiger partial charge in [0.15, 0.2) is 0 Å². The number of aromatic amines is 1. The summed E-state index contributed by atoms with van der Waals surface area (Å²) in [5.41, 5.74) is -0.0199. The number of nitrogens with one attached hydrogen (secondary N) is 2. The first-order valence-electron chi connectivity index (χ1n) is 6.71. The van der Waals surface area contributed by atoms with Crippen molar-refractivity contribution in [2.45, 2.75) is 44.6 Å². The molecule has 2 N–H and O–H groups in total. The predicted molar refractivity (Wildman–Crippen MR) is 65.0 cm³/mol. The number of nitrogens with zero attached hydrogens (tertiary/aromatic N) is 2. The molecule has 0 aromatic carbocycles. The van der Waals surface area contributed by atoms with E-state index >= 15 is 0 Å². The number of piperidine rings is 1. The minimum absolute atomic E-state index is 0.0199. The monoisotopic (exact) mass is 236 g/mol. The molecule has 1 saturated heterocycles. The largest absolute Gasteiger partial charge is 0.343 e. The maximum absolute atomic E-state index is 11.7. The number of aromatic nitrogens is 3. The van der Waals surface area contributed by atoms with Crippen molar-refractivity contribution in [1.82, 2.24) is 20.1 Å². The molecule has 2 heterocycles. The minimum Gasteiger partial charge on any atom is -0.316 e. The van der Waals surface area contributed by atoms with Crippen molar-refractivity contribution < 1.29 is 0 Å². The van der Waals surface area contributed by atoms with Crippen molar-refractivity contribution in [3.8, 4) is 0 Å². The van der Waals surface area contributed by atoms with Crippen LogP contribution in [0.25, 0.3) is 0 Å². The van der Waals surface area contributed by atoms with E-state index in [2.05, 4.69) is 15.4 Å². The lowest BCUT2D eigenvalue weighted by atomic mass is 9.93. The zero-order valence-electron chi connectivity index (χ0n) is 10.1. The van der Waals surface area contributed by atoms with Crippen LogP contribution in [-0.4, -0.2) is 27.9 Å². The van der Waals surface area contributed by atoms with Crippen LogP contribution in [0.4, 0.5) is 0 Å². The average molecular weight is 236 g/mol. The molecule has 3 rings (SSSR count). The standard InChI is InChI=1S/C12H20N4O/c17-12-14-11(7-9-3-2-6-13-8-9)15-16(12)10-4-1-5-10/h9-10,13H,1-8H2,(H,14,15,17). The second-order valence-corrected chi connectivity index (χ2v) is 5.32. The minimum atomic E-state index is -0.0199. The summed E-state index contributed by atoms with van der Waals surface area (Å²) in [6.07, 6.45) is 6.82. The highest BCUT2D eigenvalue weighted by Gasteiger charge is 2.23. The molecule has 2 aliphatic rings. The highest BCUT2D eigenvalue weighted by molar-refractivity contribution is 4.89. The van der Waals surface area contributed by atoms with Crippen molar-refractivity contribution in [2.24, 2.45) is 5.92 Å². The molecule has 1 aliphatic carbocycles. The number of hydrogen-bond donors (Lipinski definition) is 2. The molecule has 0 amide bonds. The molecule has 2 fully saturated rings. The molecule has 5 heteroatoms. The van der Waals surface area contributed by atoms with Gasteiger partial charge in [-0.2, -0.15) is 5.10 Å². The zero-order valence-corrected chi connectivity index (χ0v) is 10.1. The van der Waals surface area contributed by atoms with Crippen LogP contribution in [0.1, 0.15) is 44.0 Å². The summed E-state index contributed by atoms with van der Waals surface area (Å²) < 4.78 is 1.66. The summed E-state index contributed by atoms with van der Waals surface area (Å²) in [4.78, 5) is 14.7. The Morgan fingerprint density at radius 2 is 2.18 bits per heavy atom. The molecule has 1 atom stereocenters. The van der Waals surface area contributed by atoms with Crippen LogP contribution in [0.5, 0.6) is 0 Å². The fraction of sp³-hybridized carbons (Fsp3) is 0.833. The summed E-state index contributed by atoms with van der Waals surface area (Å²) in [5, 5.41) is 7.84. The van der Waals surface area contributed by atoms with Crippen molar-refractivity contribution in [1.29, 1.82) is 0 Å². The summed E-state index contributed by atoms with van der Waals surface area (Å²) in [6, 6.07) is 0.358. The third-order valence-electron chi connectivity index (χ3n) is 3.99. The van der Waals surface area contributed by atoms with Gasteiger partial charge in [0.05, 0.1) is 6.04 Å². The quantitative estimate of drug-likeness (QED) is 0.817. The van der Waals surface area contributed by atoms with E-state index in [0.29, 0.717) is 12.0 Å². The van der Waals surface area contributed by atoms with Gasteiger partial charge in [-0.3, -0.25) is 4.98 Å². The maximum Gasteiger partial charge on any atom is 0.343 e. The fourth-order valence-electron chi connectivity index (χ4n) is 2.72. The Bertz CT molecular complexity index is 426. The summed E-state index contributed by atoms with van der Waals surface area (Å²) in [5.74, 6) is 1.50. The molecule has 0 bridgehead atoms. The topological polar surface area (TPSA) is 62.7 Å². The molecular weight excluding hydrogens is 216 g/mol. The lowest BCUT2D eigenvalue weighted by molar-refractivity contribution is 0.280. The Morgan fingerprint density at radius 3 is 2.82 bits per heavy atom. The second-order valence-electron chi connectivity index (χ2n) is 5.32. The van der Waals surface area contributed by atoms with Gasteiger partial charge in [-0.25, -0.2) is 9.48 Å². The summed E-state index contributed by atoms with van der Waals surface area (Å²) in [6.45, 7) is 2.18. The van der Waals surface area contributed by atoms with Crippen LogP contribution in [0.15, 0.2) is 4.79 Å². The molecule has 0 spiro atoms. The van der Waals surface area contributed by atoms with Crippen molar-refractivity contribution in [3.63, 3.8) is 0 Å². The van der Waals surface area contributed by atoms with Crippen LogP contribution in [-0.2, 0) is 6.42 Å². The molecule has 17 heavy (non-hydrogen) atoms. The van der Waals surface area contributed by atoms with Gasteiger partial charge in [-0.05, 0) is 51.1 Å². The van der Waals surface area contributed by atoms with Gasteiger partial charge >= 0.3 is 5.69 Å². The Labute approximate surface area is 101 Å². The molecule has 1 aromatic rings. The van der Waals surface area contributed by atoms with E-state index in [1.807, 2.05) is 0 Å². The SMILES string of the molecule is O=c1[nH]c(CC2CCCNC2)nn1C1CCC1. The molecular formula is C12H20N4O. The fourth-order valence-corrected chi connectivity index (χ4v) is 2.72. The van der Waals surface area contributed by atoms with Gasteiger partial charge in [-0.15, -0.1) is 0 Å². The molecule has 1 unspecified atom stereocenters. The number of hydrogen-bond acceptors (Lipinski definition) is 3. The van der Waals surface area contributed by atoms with Crippen LogP contribution >= 0.6 is 0 Å². The first kappa shape index (κ1) is 11.0. The number of rotatable bonds is 3. The van der Waals surface area contributed by atoms with Crippen molar-refractivity contribution in [3.05, 3.63) is 16.3 Å². The molecule has 5 nitrogen and oxygen atoms in total. The van der Waals surface area contributed by atoms with Crippen LogP contribution < -0.4 is 11.0 Å². The van der Waals surface area contributed by atoms with Gasteiger partial charge in [0.1, 0.15) is 5.82 Å². The van der Waals surface area contributed by atoms with E-state index in [0.717, 1.165) is 38.2 Å². The number of H-pyrrole nitrogens is 1. The first-order valence-corrected chi connectivity index (χ1v) is 6.71. The van der Waals surface area contributed by atoms with E-state index in [1.54, 1.807) is 4.68 Å². The lowest BCUT2D eigenvalue weighted by Crippen LogP contribution is -2.31. The second kappa shape index (κ2) is 4.64. The third-order valence-corrected chi connectivity index (χ3v) is 3.99. The maximum atomic E-state index is 11.7.